The molecular weight excluding hydrogens is 727 g/mol. The summed E-state index contributed by atoms with van der Waals surface area (Å²) >= 11 is 0. The zero-order valence-corrected chi connectivity index (χ0v) is 33.1. The van der Waals surface area contributed by atoms with Crippen LogP contribution < -0.4 is 4.90 Å². The third-order valence-corrected chi connectivity index (χ3v) is 12.0. The summed E-state index contributed by atoms with van der Waals surface area (Å²) in [5, 5.41) is 7.08. The summed E-state index contributed by atoms with van der Waals surface area (Å²) in [6.07, 6.45) is 0. The number of furan rings is 1. The lowest BCUT2D eigenvalue weighted by molar-refractivity contribution is 0.673. The van der Waals surface area contributed by atoms with Gasteiger partial charge in [-0.15, -0.1) is 0 Å². The van der Waals surface area contributed by atoms with E-state index in [2.05, 4.69) is 229 Å². The second-order valence-corrected chi connectivity index (χ2v) is 15.7. The minimum atomic E-state index is 0.686. The third kappa shape index (κ3) is 6.59. The Hall–Kier alpha value is -7.68. The molecule has 1 aromatic heterocycles. The summed E-state index contributed by atoms with van der Waals surface area (Å²) in [6, 6.07) is 81.2. The molecule has 0 aliphatic rings. The first kappa shape index (κ1) is 35.5. The maximum atomic E-state index is 6.89. The van der Waals surface area contributed by atoms with Crippen LogP contribution in [0.1, 0.15) is 11.1 Å². The third-order valence-electron chi connectivity index (χ3n) is 12.0. The number of fused-ring (bicyclic) bond motifs is 6. The van der Waals surface area contributed by atoms with E-state index in [1.165, 1.54) is 66.2 Å². The van der Waals surface area contributed by atoms with Crippen molar-refractivity contribution in [3.8, 4) is 44.5 Å². The van der Waals surface area contributed by atoms with Crippen molar-refractivity contribution in [1.29, 1.82) is 0 Å². The molecule has 60 heavy (non-hydrogen) atoms. The summed E-state index contributed by atoms with van der Waals surface area (Å²) in [4.78, 5) is 2.54. The molecule has 2 heteroatoms. The highest BCUT2D eigenvalue weighted by Crippen LogP contribution is 2.41. The molecule has 1 heterocycles. The Balaban J connectivity index is 1.05. The summed E-state index contributed by atoms with van der Waals surface area (Å²) in [6.45, 7) is 1.39. The average Bonchev–Trinajstić information content (AvgIpc) is 3.72. The van der Waals surface area contributed by atoms with Gasteiger partial charge in [0.15, 0.2) is 0 Å². The molecule has 0 saturated carbocycles. The van der Waals surface area contributed by atoms with E-state index in [0.717, 1.165) is 38.6 Å². The molecule has 0 bridgehead atoms. The maximum Gasteiger partial charge on any atom is 0.143 e. The van der Waals surface area contributed by atoms with Crippen molar-refractivity contribution in [3.63, 3.8) is 0 Å². The minimum absolute atomic E-state index is 0.686. The van der Waals surface area contributed by atoms with E-state index >= 15 is 0 Å². The number of para-hydroxylation sites is 1. The lowest BCUT2D eigenvalue weighted by atomic mass is 9.93. The van der Waals surface area contributed by atoms with E-state index in [4.69, 9.17) is 4.42 Å². The molecule has 0 atom stereocenters. The predicted octanol–water partition coefficient (Wildman–Crippen LogP) is 15.8. The Labute approximate surface area is 350 Å². The van der Waals surface area contributed by atoms with Crippen molar-refractivity contribution >= 4 is 49.2 Å². The van der Waals surface area contributed by atoms with E-state index in [0.29, 0.717) is 13.1 Å². The van der Waals surface area contributed by atoms with Gasteiger partial charge in [0.1, 0.15) is 11.2 Å². The lowest BCUT2D eigenvalue weighted by Gasteiger charge is -2.28. The Bertz CT molecular complexity index is 3330. The van der Waals surface area contributed by atoms with Gasteiger partial charge in [-0.1, -0.05) is 194 Å². The van der Waals surface area contributed by atoms with Gasteiger partial charge in [-0.2, -0.15) is 0 Å². The number of benzene rings is 10. The molecule has 11 aromatic rings. The van der Waals surface area contributed by atoms with Gasteiger partial charge in [0.2, 0.25) is 0 Å². The van der Waals surface area contributed by atoms with Gasteiger partial charge >= 0.3 is 0 Å². The van der Waals surface area contributed by atoms with Crippen molar-refractivity contribution in [1.82, 2.24) is 0 Å². The predicted molar refractivity (Wildman–Crippen MR) is 253 cm³/mol. The van der Waals surface area contributed by atoms with Crippen LogP contribution in [0.5, 0.6) is 0 Å². The molecule has 0 amide bonds. The number of hydrogen-bond acceptors (Lipinski definition) is 2. The van der Waals surface area contributed by atoms with Crippen LogP contribution in [0.2, 0.25) is 0 Å². The van der Waals surface area contributed by atoms with Crippen molar-refractivity contribution in [2.75, 3.05) is 4.90 Å². The fraction of sp³-hybridized carbons (Fsp3) is 0.0345. The quantitative estimate of drug-likeness (QED) is 0.145. The van der Waals surface area contributed by atoms with Crippen LogP contribution in [-0.2, 0) is 13.1 Å². The lowest BCUT2D eigenvalue weighted by Crippen LogP contribution is -2.23. The van der Waals surface area contributed by atoms with Crippen molar-refractivity contribution in [2.45, 2.75) is 13.1 Å². The maximum absolute atomic E-state index is 6.89. The highest BCUT2D eigenvalue weighted by molar-refractivity contribution is 6.17. The molecule has 0 radical (unpaired) electrons. The zero-order valence-electron chi connectivity index (χ0n) is 33.1. The molecule has 0 fully saturated rings. The number of anilines is 1. The largest absolute Gasteiger partial charge is 0.455 e. The molecule has 0 N–H and O–H groups in total. The zero-order chi connectivity index (χ0) is 39.8. The molecule has 0 aliphatic carbocycles. The van der Waals surface area contributed by atoms with Gasteiger partial charge in [0.05, 0.1) is 0 Å². The van der Waals surface area contributed by atoms with E-state index < -0.39 is 0 Å². The number of nitrogens with zero attached hydrogens (tertiary/aromatic N) is 1. The van der Waals surface area contributed by atoms with Gasteiger partial charge in [-0.05, 0) is 96.6 Å². The van der Waals surface area contributed by atoms with Gasteiger partial charge in [-0.25, -0.2) is 0 Å². The molecule has 0 aliphatic heterocycles. The Kier molecular flexibility index (Phi) is 9.02. The van der Waals surface area contributed by atoms with E-state index in [1.807, 2.05) is 0 Å². The molecule has 0 saturated heterocycles. The topological polar surface area (TPSA) is 16.4 Å². The van der Waals surface area contributed by atoms with Crippen LogP contribution in [0.3, 0.4) is 0 Å². The van der Waals surface area contributed by atoms with E-state index in [9.17, 15) is 0 Å². The summed E-state index contributed by atoms with van der Waals surface area (Å²) in [7, 11) is 0. The standard InChI is InChI=1S/C58H41NO/c1-3-15-40(16-4-1)47-31-32-49(56(37-47)42-18-5-2-6-19-42)39-59(50-24-13-23-45(36-50)46-30-29-41-17-7-8-21-44(41)35-46)38-48-22-10-11-25-51(48)53-27-14-28-54-55-34-33-43-20-9-12-26-52(43)57(55)60-58(53)54/h1-37H,38-39H2. The SMILES string of the molecule is c1ccc(-c2ccc(CN(Cc3ccccc3-c3cccc4c3oc3c5ccccc5ccc43)c3cccc(-c4ccc5ccccc5c4)c3)c(-c3ccccc3)c2)cc1. The van der Waals surface area contributed by atoms with Crippen molar-refractivity contribution in [3.05, 3.63) is 236 Å². The molecule has 10 aromatic carbocycles. The fourth-order valence-corrected chi connectivity index (χ4v) is 8.97. The smallest absolute Gasteiger partial charge is 0.143 e. The van der Waals surface area contributed by atoms with Gasteiger partial charge in [0.25, 0.3) is 0 Å². The second-order valence-electron chi connectivity index (χ2n) is 15.7. The van der Waals surface area contributed by atoms with Crippen LogP contribution in [-0.4, -0.2) is 0 Å². The molecule has 2 nitrogen and oxygen atoms in total. The number of rotatable bonds is 9. The Morgan fingerprint density at radius 3 is 1.72 bits per heavy atom. The monoisotopic (exact) mass is 767 g/mol. The fourth-order valence-electron chi connectivity index (χ4n) is 8.97. The normalized spacial score (nSPS) is 11.5. The molecular formula is C58H41NO. The minimum Gasteiger partial charge on any atom is -0.455 e. The first-order valence-corrected chi connectivity index (χ1v) is 20.7. The van der Waals surface area contributed by atoms with Crippen LogP contribution in [0, 0.1) is 0 Å². The van der Waals surface area contributed by atoms with Gasteiger partial charge in [0, 0.05) is 40.5 Å². The summed E-state index contributed by atoms with van der Waals surface area (Å²) in [5.41, 5.74) is 15.1. The van der Waals surface area contributed by atoms with Crippen molar-refractivity contribution in [2.24, 2.45) is 0 Å². The summed E-state index contributed by atoms with van der Waals surface area (Å²) < 4.78 is 6.89. The van der Waals surface area contributed by atoms with Crippen LogP contribution in [0.15, 0.2) is 229 Å². The summed E-state index contributed by atoms with van der Waals surface area (Å²) in [5.74, 6) is 0. The Morgan fingerprint density at radius 1 is 0.300 bits per heavy atom. The first-order chi connectivity index (χ1) is 29.7. The molecule has 284 valence electrons. The Morgan fingerprint density at radius 2 is 0.867 bits per heavy atom. The van der Waals surface area contributed by atoms with E-state index in [1.54, 1.807) is 0 Å². The average molecular weight is 768 g/mol. The van der Waals surface area contributed by atoms with Gasteiger partial charge in [-0.3, -0.25) is 0 Å². The number of hydrogen-bond donors (Lipinski definition) is 0. The first-order valence-electron chi connectivity index (χ1n) is 20.7. The molecule has 11 rings (SSSR count). The molecule has 0 spiro atoms. The van der Waals surface area contributed by atoms with Crippen molar-refractivity contribution < 1.29 is 4.42 Å². The van der Waals surface area contributed by atoms with Gasteiger partial charge < -0.3 is 9.32 Å². The van der Waals surface area contributed by atoms with Crippen LogP contribution in [0.4, 0.5) is 5.69 Å². The van der Waals surface area contributed by atoms with Crippen LogP contribution >= 0.6 is 0 Å². The van der Waals surface area contributed by atoms with Crippen LogP contribution in [0.25, 0.3) is 88.0 Å². The highest BCUT2D eigenvalue weighted by atomic mass is 16.3. The second kappa shape index (κ2) is 15.2. The molecule has 0 unspecified atom stereocenters. The highest BCUT2D eigenvalue weighted by Gasteiger charge is 2.20. The van der Waals surface area contributed by atoms with E-state index in [-0.39, 0.29) is 0 Å².